The van der Waals surface area contributed by atoms with Crippen LogP contribution in [0.2, 0.25) is 0 Å². The number of amides is 2. The molecule has 0 aliphatic heterocycles. The summed E-state index contributed by atoms with van der Waals surface area (Å²) in [6.07, 6.45) is 3.44. The molecular formula is C27H25N5O2. The summed E-state index contributed by atoms with van der Waals surface area (Å²) in [5.74, 6) is 0.226. The number of aryl methyl sites for hydroxylation is 1. The van der Waals surface area contributed by atoms with Gasteiger partial charge in [-0.1, -0.05) is 36.4 Å². The molecular weight excluding hydrogens is 426 g/mol. The first-order chi connectivity index (χ1) is 16.4. The van der Waals surface area contributed by atoms with Crippen LogP contribution in [0.3, 0.4) is 0 Å². The van der Waals surface area contributed by atoms with E-state index in [2.05, 4.69) is 20.7 Å². The Bertz CT molecular complexity index is 1340. The van der Waals surface area contributed by atoms with E-state index in [-0.39, 0.29) is 11.8 Å². The van der Waals surface area contributed by atoms with E-state index in [0.29, 0.717) is 28.3 Å². The molecule has 0 saturated heterocycles. The number of hydrogen-bond acceptors (Lipinski definition) is 4. The number of allylic oxidation sites excluding steroid dienone is 1. The van der Waals surface area contributed by atoms with Crippen molar-refractivity contribution >= 4 is 28.9 Å². The second-order valence-electron chi connectivity index (χ2n) is 7.88. The van der Waals surface area contributed by atoms with Gasteiger partial charge in [-0.25, -0.2) is 0 Å². The molecule has 0 aliphatic carbocycles. The van der Waals surface area contributed by atoms with Gasteiger partial charge in [0.25, 0.3) is 11.8 Å². The highest BCUT2D eigenvalue weighted by atomic mass is 16.2. The minimum atomic E-state index is -0.196. The van der Waals surface area contributed by atoms with Gasteiger partial charge < -0.3 is 10.6 Å². The average Bonchev–Trinajstić information content (AvgIpc) is 3.24. The minimum absolute atomic E-state index is 0.169. The number of pyridine rings is 1. The van der Waals surface area contributed by atoms with Gasteiger partial charge in [-0.3, -0.25) is 19.3 Å². The summed E-state index contributed by atoms with van der Waals surface area (Å²) in [7, 11) is 1.78. The third-order valence-electron chi connectivity index (χ3n) is 5.59. The highest BCUT2D eigenvalue weighted by Gasteiger charge is 2.13. The molecule has 4 aromatic rings. The van der Waals surface area contributed by atoms with Crippen LogP contribution >= 0.6 is 0 Å². The molecule has 0 unspecified atom stereocenters. The Morgan fingerprint density at radius 3 is 2.24 bits per heavy atom. The third kappa shape index (κ3) is 5.10. The first-order valence-electron chi connectivity index (χ1n) is 10.8. The number of carbonyl (C=O) groups is 2. The first-order valence-corrected chi connectivity index (χ1v) is 10.8. The van der Waals surface area contributed by atoms with Crippen molar-refractivity contribution in [2.45, 2.75) is 13.8 Å². The van der Waals surface area contributed by atoms with Crippen LogP contribution in [0, 0.1) is 0 Å². The normalized spacial score (nSPS) is 11.5. The number of rotatable bonds is 6. The lowest BCUT2D eigenvalue weighted by molar-refractivity contribution is -0.112. The Labute approximate surface area is 198 Å². The summed E-state index contributed by atoms with van der Waals surface area (Å²) in [5, 5.41) is 10.3. The largest absolute Gasteiger partial charge is 0.322 e. The Morgan fingerprint density at radius 2 is 1.56 bits per heavy atom. The third-order valence-corrected chi connectivity index (χ3v) is 5.59. The van der Waals surface area contributed by atoms with Crippen LogP contribution in [0.25, 0.3) is 16.8 Å². The van der Waals surface area contributed by atoms with Gasteiger partial charge in [-0.2, -0.15) is 5.10 Å². The van der Waals surface area contributed by atoms with E-state index in [1.165, 1.54) is 0 Å². The predicted octanol–water partition coefficient (Wildman–Crippen LogP) is 5.17. The number of carbonyl (C=O) groups excluding carboxylic acids is 2. The van der Waals surface area contributed by atoms with Crippen LogP contribution in [0.5, 0.6) is 0 Å². The number of hydrogen-bond donors (Lipinski definition) is 2. The lowest BCUT2D eigenvalue weighted by Crippen LogP contribution is -2.14. The van der Waals surface area contributed by atoms with Crippen LogP contribution in [0.15, 0.2) is 90.8 Å². The quantitative estimate of drug-likeness (QED) is 0.396. The van der Waals surface area contributed by atoms with Crippen molar-refractivity contribution in [1.82, 2.24) is 14.8 Å². The topological polar surface area (TPSA) is 88.9 Å². The Kier molecular flexibility index (Phi) is 6.64. The van der Waals surface area contributed by atoms with Crippen molar-refractivity contribution in [1.29, 1.82) is 0 Å². The van der Waals surface area contributed by atoms with Crippen molar-refractivity contribution < 1.29 is 9.59 Å². The fraction of sp³-hybridized carbons (Fsp3) is 0.111. The summed E-state index contributed by atoms with van der Waals surface area (Å²) >= 11 is 0. The maximum Gasteiger partial charge on any atom is 0.256 e. The SMILES string of the molecule is C/C(C(=O)Nc1ccc(-c2cc(NC(=O)c3ccccc3)n(C)n2)cc1)=C(\C)c1cccnc1. The zero-order valence-corrected chi connectivity index (χ0v) is 19.2. The summed E-state index contributed by atoms with van der Waals surface area (Å²) in [6.45, 7) is 3.70. The molecule has 7 nitrogen and oxygen atoms in total. The van der Waals surface area contributed by atoms with E-state index in [9.17, 15) is 9.59 Å². The Morgan fingerprint density at radius 1 is 0.853 bits per heavy atom. The van der Waals surface area contributed by atoms with E-state index in [0.717, 1.165) is 16.7 Å². The molecule has 2 amide bonds. The lowest BCUT2D eigenvalue weighted by atomic mass is 10.0. The van der Waals surface area contributed by atoms with Crippen molar-refractivity contribution in [3.05, 3.63) is 102 Å². The van der Waals surface area contributed by atoms with E-state index >= 15 is 0 Å². The number of anilines is 2. The molecule has 2 N–H and O–H groups in total. The van der Waals surface area contributed by atoms with E-state index < -0.39 is 0 Å². The average molecular weight is 452 g/mol. The Balaban J connectivity index is 1.45. The van der Waals surface area contributed by atoms with Crippen LogP contribution in [-0.4, -0.2) is 26.6 Å². The Hall–Kier alpha value is -4.52. The fourth-order valence-electron chi connectivity index (χ4n) is 3.42. The maximum atomic E-state index is 12.7. The van der Waals surface area contributed by atoms with Gasteiger partial charge in [0.1, 0.15) is 5.82 Å². The molecule has 170 valence electrons. The highest BCUT2D eigenvalue weighted by Crippen LogP contribution is 2.24. The second-order valence-corrected chi connectivity index (χ2v) is 7.88. The van der Waals surface area contributed by atoms with Crippen LogP contribution < -0.4 is 10.6 Å². The van der Waals surface area contributed by atoms with Crippen molar-refractivity contribution in [3.8, 4) is 11.3 Å². The second kappa shape index (κ2) is 9.95. The van der Waals surface area contributed by atoms with Crippen molar-refractivity contribution in [2.75, 3.05) is 10.6 Å². The van der Waals surface area contributed by atoms with Crippen LogP contribution in [0.1, 0.15) is 29.8 Å². The van der Waals surface area contributed by atoms with Gasteiger partial charge in [0, 0.05) is 47.9 Å². The van der Waals surface area contributed by atoms with E-state index in [1.807, 2.05) is 67.6 Å². The maximum absolute atomic E-state index is 12.7. The number of nitrogens with one attached hydrogen (secondary N) is 2. The molecule has 0 radical (unpaired) electrons. The summed E-state index contributed by atoms with van der Waals surface area (Å²) in [6, 6.07) is 22.0. The van der Waals surface area contributed by atoms with Gasteiger partial charge in [0.05, 0.1) is 5.69 Å². The summed E-state index contributed by atoms with van der Waals surface area (Å²) in [4.78, 5) is 29.3. The van der Waals surface area contributed by atoms with Crippen molar-refractivity contribution in [3.63, 3.8) is 0 Å². The standard InChI is InChI=1S/C27H25N5O2/c1-18(22-10-7-15-28-17-22)19(2)26(33)29-23-13-11-20(12-14-23)24-16-25(32(3)31-24)30-27(34)21-8-5-4-6-9-21/h4-17H,1-3H3,(H,29,33)(H,30,34)/b19-18-. The molecule has 0 saturated carbocycles. The molecule has 2 aromatic heterocycles. The fourth-order valence-corrected chi connectivity index (χ4v) is 3.42. The van der Waals surface area contributed by atoms with Gasteiger partial charge in [0.2, 0.25) is 0 Å². The van der Waals surface area contributed by atoms with Gasteiger partial charge in [0.15, 0.2) is 0 Å². The van der Waals surface area contributed by atoms with Gasteiger partial charge in [-0.05, 0) is 55.3 Å². The summed E-state index contributed by atoms with van der Waals surface area (Å²) < 4.78 is 1.63. The molecule has 0 atom stereocenters. The minimum Gasteiger partial charge on any atom is -0.322 e. The monoisotopic (exact) mass is 451 g/mol. The van der Waals surface area contributed by atoms with E-state index in [4.69, 9.17) is 0 Å². The smallest absolute Gasteiger partial charge is 0.256 e. The molecule has 7 heteroatoms. The molecule has 4 rings (SSSR count). The number of nitrogens with zero attached hydrogens (tertiary/aromatic N) is 3. The molecule has 34 heavy (non-hydrogen) atoms. The lowest BCUT2D eigenvalue weighted by Gasteiger charge is -2.09. The predicted molar refractivity (Wildman–Crippen MR) is 134 cm³/mol. The van der Waals surface area contributed by atoms with Crippen LogP contribution in [-0.2, 0) is 11.8 Å². The van der Waals surface area contributed by atoms with Crippen molar-refractivity contribution in [2.24, 2.45) is 7.05 Å². The van der Waals surface area contributed by atoms with Gasteiger partial charge >= 0.3 is 0 Å². The highest BCUT2D eigenvalue weighted by molar-refractivity contribution is 6.08. The molecule has 0 fully saturated rings. The number of aromatic nitrogens is 3. The number of benzene rings is 2. The molecule has 0 bridgehead atoms. The zero-order valence-electron chi connectivity index (χ0n) is 19.2. The molecule has 2 heterocycles. The molecule has 0 aliphatic rings. The van der Waals surface area contributed by atoms with Gasteiger partial charge in [-0.15, -0.1) is 0 Å². The zero-order chi connectivity index (χ0) is 24.1. The van der Waals surface area contributed by atoms with E-state index in [1.54, 1.807) is 43.2 Å². The molecule has 2 aromatic carbocycles. The first kappa shape index (κ1) is 22.7. The molecule has 0 spiro atoms. The van der Waals surface area contributed by atoms with Crippen LogP contribution in [0.4, 0.5) is 11.5 Å². The summed E-state index contributed by atoms with van der Waals surface area (Å²) in [5.41, 5.74) is 5.26.